The molecule has 0 saturated carbocycles. The lowest BCUT2D eigenvalue weighted by Gasteiger charge is -2.09. The van der Waals surface area contributed by atoms with Crippen LogP contribution in [0.2, 0.25) is 0 Å². The van der Waals surface area contributed by atoms with Crippen LogP contribution in [-0.4, -0.2) is 30.0 Å². The highest BCUT2D eigenvalue weighted by Gasteiger charge is 2.36. The maximum absolute atomic E-state index is 12.0. The standard InChI is InChI=1S/C9H7F3N2O3S/c10-9(11,12)6-18(15,16)17-8-2-1-5-14-7(8)3-4-13-14/h1-5H,6H2. The summed E-state index contributed by atoms with van der Waals surface area (Å²) in [4.78, 5) is 0. The molecule has 2 aromatic rings. The van der Waals surface area contributed by atoms with Crippen molar-refractivity contribution < 1.29 is 25.8 Å². The fourth-order valence-corrected chi connectivity index (χ4v) is 2.24. The second-order valence-corrected chi connectivity index (χ2v) is 5.00. The van der Waals surface area contributed by atoms with Gasteiger partial charge < -0.3 is 4.18 Å². The molecule has 0 aliphatic carbocycles. The zero-order chi connectivity index (χ0) is 13.4. The Morgan fingerprint density at radius 1 is 1.33 bits per heavy atom. The van der Waals surface area contributed by atoms with E-state index in [1.807, 2.05) is 0 Å². The Balaban J connectivity index is 2.32. The van der Waals surface area contributed by atoms with E-state index >= 15 is 0 Å². The topological polar surface area (TPSA) is 60.7 Å². The predicted octanol–water partition coefficient (Wildman–Crippen LogP) is 1.61. The summed E-state index contributed by atoms with van der Waals surface area (Å²) in [6.07, 6.45) is -1.96. The number of pyridine rings is 1. The van der Waals surface area contributed by atoms with Crippen LogP contribution in [-0.2, 0) is 10.1 Å². The summed E-state index contributed by atoms with van der Waals surface area (Å²) in [6.45, 7) is 0. The Labute approximate surface area is 99.9 Å². The number of fused-ring (bicyclic) bond motifs is 1. The van der Waals surface area contributed by atoms with Gasteiger partial charge in [0.1, 0.15) is 5.52 Å². The van der Waals surface area contributed by atoms with Crippen LogP contribution in [0, 0.1) is 0 Å². The second kappa shape index (κ2) is 4.16. The van der Waals surface area contributed by atoms with E-state index in [9.17, 15) is 21.6 Å². The van der Waals surface area contributed by atoms with Crippen LogP contribution in [0.5, 0.6) is 5.75 Å². The van der Waals surface area contributed by atoms with Crippen molar-refractivity contribution in [1.82, 2.24) is 9.61 Å². The summed E-state index contributed by atoms with van der Waals surface area (Å²) in [5.41, 5.74) is 0.267. The first-order valence-electron chi connectivity index (χ1n) is 4.68. The molecule has 2 aromatic heterocycles. The summed E-state index contributed by atoms with van der Waals surface area (Å²) >= 11 is 0. The van der Waals surface area contributed by atoms with Gasteiger partial charge in [0.15, 0.2) is 11.5 Å². The lowest BCUT2D eigenvalue weighted by Crippen LogP contribution is -2.26. The Kier molecular flexibility index (Phi) is 2.93. The van der Waals surface area contributed by atoms with Crippen LogP contribution in [0.15, 0.2) is 30.6 Å². The van der Waals surface area contributed by atoms with Gasteiger partial charge in [0, 0.05) is 6.20 Å². The van der Waals surface area contributed by atoms with Gasteiger partial charge in [-0.1, -0.05) is 0 Å². The van der Waals surface area contributed by atoms with Gasteiger partial charge in [-0.3, -0.25) is 0 Å². The van der Waals surface area contributed by atoms with Crippen molar-refractivity contribution in [2.45, 2.75) is 6.18 Å². The van der Waals surface area contributed by atoms with E-state index in [0.29, 0.717) is 0 Å². The van der Waals surface area contributed by atoms with Crippen molar-refractivity contribution in [3.8, 4) is 5.75 Å². The molecule has 2 rings (SSSR count). The summed E-state index contributed by atoms with van der Waals surface area (Å²) in [7, 11) is -4.73. The summed E-state index contributed by atoms with van der Waals surface area (Å²) in [5.74, 6) is -2.23. The molecule has 0 aliphatic heterocycles. The van der Waals surface area contributed by atoms with Crippen LogP contribution in [0.25, 0.3) is 5.52 Å². The molecule has 0 unspecified atom stereocenters. The summed E-state index contributed by atoms with van der Waals surface area (Å²) < 4.78 is 64.2. The molecule has 0 radical (unpaired) electrons. The molecule has 9 heteroatoms. The first-order valence-corrected chi connectivity index (χ1v) is 6.26. The van der Waals surface area contributed by atoms with Crippen molar-refractivity contribution in [3.63, 3.8) is 0 Å². The lowest BCUT2D eigenvalue weighted by atomic mass is 10.4. The number of nitrogens with zero attached hydrogens (tertiary/aromatic N) is 2. The molecule has 0 spiro atoms. The number of rotatable bonds is 3. The van der Waals surface area contributed by atoms with Crippen molar-refractivity contribution in [3.05, 3.63) is 30.6 Å². The van der Waals surface area contributed by atoms with Gasteiger partial charge in [0.05, 0.1) is 6.20 Å². The quantitative estimate of drug-likeness (QED) is 0.801. The number of aromatic nitrogens is 2. The Hall–Kier alpha value is -1.77. The van der Waals surface area contributed by atoms with Crippen molar-refractivity contribution in [2.24, 2.45) is 0 Å². The highest BCUT2D eigenvalue weighted by Crippen LogP contribution is 2.23. The third kappa shape index (κ3) is 2.92. The largest absolute Gasteiger partial charge is 0.406 e. The maximum atomic E-state index is 12.0. The van der Waals surface area contributed by atoms with Gasteiger partial charge >= 0.3 is 16.3 Å². The van der Waals surface area contributed by atoms with Crippen molar-refractivity contribution in [1.29, 1.82) is 0 Å². The number of hydrogen-bond acceptors (Lipinski definition) is 4. The van der Waals surface area contributed by atoms with E-state index < -0.39 is 22.0 Å². The molecule has 0 N–H and O–H groups in total. The van der Waals surface area contributed by atoms with Crippen LogP contribution in [0.4, 0.5) is 13.2 Å². The highest BCUT2D eigenvalue weighted by atomic mass is 32.2. The smallest absolute Gasteiger partial charge is 0.380 e. The molecule has 18 heavy (non-hydrogen) atoms. The van der Waals surface area contributed by atoms with Gasteiger partial charge in [-0.15, -0.1) is 0 Å². The molecule has 0 bridgehead atoms. The fourth-order valence-electron chi connectivity index (χ4n) is 1.36. The monoisotopic (exact) mass is 280 g/mol. The van der Waals surface area contributed by atoms with Crippen molar-refractivity contribution in [2.75, 3.05) is 5.75 Å². The normalized spacial score (nSPS) is 12.8. The molecule has 0 atom stereocenters. The van der Waals surface area contributed by atoms with Gasteiger partial charge in [-0.25, -0.2) is 4.52 Å². The second-order valence-electron chi connectivity index (χ2n) is 3.43. The van der Waals surface area contributed by atoms with E-state index in [2.05, 4.69) is 9.28 Å². The average molecular weight is 280 g/mol. The fraction of sp³-hybridized carbons (Fsp3) is 0.222. The van der Waals surface area contributed by atoms with Crippen LogP contribution >= 0.6 is 0 Å². The minimum absolute atomic E-state index is 0.195. The number of hydrogen-bond donors (Lipinski definition) is 0. The predicted molar refractivity (Wildman–Crippen MR) is 55.7 cm³/mol. The van der Waals surface area contributed by atoms with E-state index in [-0.39, 0.29) is 11.3 Å². The Morgan fingerprint density at radius 3 is 2.72 bits per heavy atom. The average Bonchev–Trinajstić information content (AvgIpc) is 2.61. The van der Waals surface area contributed by atoms with Crippen molar-refractivity contribution >= 4 is 15.6 Å². The molecule has 5 nitrogen and oxygen atoms in total. The third-order valence-corrected chi connectivity index (χ3v) is 3.07. The summed E-state index contributed by atoms with van der Waals surface area (Å²) in [6, 6.07) is 4.10. The highest BCUT2D eigenvalue weighted by molar-refractivity contribution is 7.87. The molecule has 0 aliphatic rings. The first-order chi connectivity index (χ1) is 8.27. The van der Waals surface area contributed by atoms with E-state index in [1.54, 1.807) is 0 Å². The summed E-state index contributed by atoms with van der Waals surface area (Å²) in [5, 5.41) is 3.80. The molecule has 98 valence electrons. The van der Waals surface area contributed by atoms with Gasteiger partial charge in [-0.2, -0.15) is 26.7 Å². The molecular formula is C9H7F3N2O3S. The van der Waals surface area contributed by atoms with Crippen LogP contribution in [0.3, 0.4) is 0 Å². The minimum atomic E-state index is -4.84. The van der Waals surface area contributed by atoms with E-state index in [4.69, 9.17) is 0 Å². The lowest BCUT2D eigenvalue weighted by molar-refractivity contribution is -0.107. The van der Waals surface area contributed by atoms with E-state index in [0.717, 1.165) is 0 Å². The third-order valence-electron chi connectivity index (χ3n) is 1.95. The zero-order valence-electron chi connectivity index (χ0n) is 8.76. The Bertz CT molecular complexity index is 663. The SMILES string of the molecule is O=S(=O)(CC(F)(F)F)Oc1cccn2nccc12. The molecule has 0 saturated heterocycles. The molecule has 0 amide bonds. The molecule has 0 fully saturated rings. The van der Waals surface area contributed by atoms with Gasteiger partial charge in [0.2, 0.25) is 0 Å². The number of alkyl halides is 3. The maximum Gasteiger partial charge on any atom is 0.406 e. The first kappa shape index (κ1) is 12.7. The van der Waals surface area contributed by atoms with Crippen LogP contribution in [0.1, 0.15) is 0 Å². The molecule has 2 heterocycles. The Morgan fingerprint density at radius 2 is 2.06 bits per heavy atom. The number of halogens is 3. The molecule has 0 aromatic carbocycles. The van der Waals surface area contributed by atoms with Gasteiger partial charge in [-0.05, 0) is 18.2 Å². The van der Waals surface area contributed by atoms with Gasteiger partial charge in [0.25, 0.3) is 0 Å². The molecular weight excluding hydrogens is 273 g/mol. The van der Waals surface area contributed by atoms with Crippen LogP contribution < -0.4 is 4.18 Å². The zero-order valence-corrected chi connectivity index (χ0v) is 9.57. The minimum Gasteiger partial charge on any atom is -0.380 e. The van der Waals surface area contributed by atoms with E-state index in [1.165, 1.54) is 35.1 Å².